The van der Waals surface area contributed by atoms with Crippen molar-refractivity contribution in [2.75, 3.05) is 10.6 Å². The van der Waals surface area contributed by atoms with Gasteiger partial charge >= 0.3 is 0 Å². The van der Waals surface area contributed by atoms with Crippen molar-refractivity contribution in [3.63, 3.8) is 0 Å². The zero-order valence-electron chi connectivity index (χ0n) is 11.1. The van der Waals surface area contributed by atoms with E-state index in [4.69, 9.17) is 5.73 Å². The summed E-state index contributed by atoms with van der Waals surface area (Å²) in [6.07, 6.45) is 1.86. The lowest BCUT2D eigenvalue weighted by Gasteiger charge is -2.19. The van der Waals surface area contributed by atoms with E-state index in [1.54, 1.807) is 0 Å². The Balaban J connectivity index is 1.81. The number of anilines is 2. The third-order valence-corrected chi connectivity index (χ3v) is 3.93. The van der Waals surface area contributed by atoms with Crippen molar-refractivity contribution < 1.29 is 0 Å². The maximum atomic E-state index is 5.84. The number of pyridine rings is 1. The minimum absolute atomic E-state index is 0.756. The molecule has 0 saturated carbocycles. The molecule has 2 aromatic carbocycles. The first kappa shape index (κ1) is 11.3. The van der Waals surface area contributed by atoms with Crippen LogP contribution < -0.4 is 10.6 Å². The van der Waals surface area contributed by atoms with Gasteiger partial charge in [-0.15, -0.1) is 0 Å². The number of benzene rings is 2. The SMILES string of the molecule is Nc1ccc2c(N3Cc4ccccc4C3)ccnc2c1. The van der Waals surface area contributed by atoms with Gasteiger partial charge in [-0.3, -0.25) is 4.98 Å². The third kappa shape index (κ3) is 1.71. The standard InChI is InChI=1S/C17H15N3/c18-14-5-6-15-16(9-14)19-8-7-17(15)20-10-12-3-1-2-4-13(12)11-20/h1-9H,10-11,18H2. The summed E-state index contributed by atoms with van der Waals surface area (Å²) < 4.78 is 0. The van der Waals surface area contributed by atoms with Crippen molar-refractivity contribution in [1.29, 1.82) is 0 Å². The summed E-state index contributed by atoms with van der Waals surface area (Å²) in [5.74, 6) is 0. The van der Waals surface area contributed by atoms with Crippen LogP contribution in [0.2, 0.25) is 0 Å². The topological polar surface area (TPSA) is 42.1 Å². The number of aromatic nitrogens is 1. The molecule has 2 heterocycles. The van der Waals surface area contributed by atoms with Gasteiger partial charge in [0.25, 0.3) is 0 Å². The smallest absolute Gasteiger partial charge is 0.0743 e. The summed E-state index contributed by atoms with van der Waals surface area (Å²) in [7, 11) is 0. The molecule has 3 nitrogen and oxygen atoms in total. The van der Waals surface area contributed by atoms with Crippen LogP contribution in [-0.4, -0.2) is 4.98 Å². The third-order valence-electron chi connectivity index (χ3n) is 3.93. The average molecular weight is 261 g/mol. The molecule has 0 fully saturated rings. The van der Waals surface area contributed by atoms with E-state index < -0.39 is 0 Å². The van der Waals surface area contributed by atoms with Gasteiger partial charge in [0, 0.05) is 36.0 Å². The van der Waals surface area contributed by atoms with Crippen molar-refractivity contribution in [2.24, 2.45) is 0 Å². The Bertz CT molecular complexity index is 770. The highest BCUT2D eigenvalue weighted by Gasteiger charge is 2.20. The molecule has 0 atom stereocenters. The molecule has 4 rings (SSSR count). The Kier molecular flexibility index (Phi) is 2.39. The molecule has 2 N–H and O–H groups in total. The Morgan fingerprint density at radius 2 is 1.70 bits per heavy atom. The van der Waals surface area contributed by atoms with Crippen LogP contribution in [0.1, 0.15) is 11.1 Å². The summed E-state index contributed by atoms with van der Waals surface area (Å²) in [5, 5.41) is 1.16. The summed E-state index contributed by atoms with van der Waals surface area (Å²) in [6, 6.07) is 16.6. The quantitative estimate of drug-likeness (QED) is 0.683. The molecule has 0 aliphatic carbocycles. The molecule has 3 heteroatoms. The van der Waals surface area contributed by atoms with Gasteiger partial charge in [0.15, 0.2) is 0 Å². The van der Waals surface area contributed by atoms with Gasteiger partial charge in [0.2, 0.25) is 0 Å². The van der Waals surface area contributed by atoms with Crippen LogP contribution in [0.3, 0.4) is 0 Å². The number of nitrogens with zero attached hydrogens (tertiary/aromatic N) is 2. The molecule has 0 saturated heterocycles. The van der Waals surface area contributed by atoms with Crippen molar-refractivity contribution >= 4 is 22.3 Å². The molecule has 3 aromatic rings. The van der Waals surface area contributed by atoms with Crippen LogP contribution in [0.15, 0.2) is 54.7 Å². The van der Waals surface area contributed by atoms with Crippen molar-refractivity contribution in [2.45, 2.75) is 13.1 Å². The monoisotopic (exact) mass is 261 g/mol. The molecular weight excluding hydrogens is 246 g/mol. The summed E-state index contributed by atoms with van der Waals surface area (Å²) >= 11 is 0. The van der Waals surface area contributed by atoms with Crippen molar-refractivity contribution in [3.8, 4) is 0 Å². The summed E-state index contributed by atoms with van der Waals surface area (Å²) in [6.45, 7) is 1.92. The summed E-state index contributed by atoms with van der Waals surface area (Å²) in [5.41, 5.74) is 11.6. The van der Waals surface area contributed by atoms with Crippen molar-refractivity contribution in [3.05, 3.63) is 65.9 Å². The second-order valence-corrected chi connectivity index (χ2v) is 5.23. The lowest BCUT2D eigenvalue weighted by molar-refractivity contribution is 0.884. The normalized spacial score (nSPS) is 13.7. The lowest BCUT2D eigenvalue weighted by Crippen LogP contribution is -2.14. The Morgan fingerprint density at radius 1 is 0.950 bits per heavy atom. The van der Waals surface area contributed by atoms with E-state index in [0.717, 1.165) is 29.7 Å². The number of fused-ring (bicyclic) bond motifs is 2. The molecule has 0 unspecified atom stereocenters. The first-order valence-electron chi connectivity index (χ1n) is 6.77. The van der Waals surface area contributed by atoms with E-state index in [2.05, 4.69) is 46.3 Å². The van der Waals surface area contributed by atoms with Crippen LogP contribution in [-0.2, 0) is 13.1 Å². The van der Waals surface area contributed by atoms with Gasteiger partial charge in [-0.2, -0.15) is 0 Å². The largest absolute Gasteiger partial charge is 0.399 e. The highest BCUT2D eigenvalue weighted by atomic mass is 15.1. The highest BCUT2D eigenvalue weighted by molar-refractivity contribution is 5.93. The first-order chi connectivity index (χ1) is 9.81. The Hall–Kier alpha value is -2.55. The van der Waals surface area contributed by atoms with Gasteiger partial charge in [0.1, 0.15) is 0 Å². The first-order valence-corrected chi connectivity index (χ1v) is 6.77. The Labute approximate surface area is 117 Å². The molecule has 1 aromatic heterocycles. The van der Waals surface area contributed by atoms with Crippen LogP contribution in [0, 0.1) is 0 Å². The minimum atomic E-state index is 0.756. The van der Waals surface area contributed by atoms with Gasteiger partial charge in [0.05, 0.1) is 5.52 Å². The summed E-state index contributed by atoms with van der Waals surface area (Å²) in [4.78, 5) is 6.81. The fraction of sp³-hybridized carbons (Fsp3) is 0.118. The van der Waals surface area contributed by atoms with E-state index in [9.17, 15) is 0 Å². The van der Waals surface area contributed by atoms with Crippen LogP contribution >= 0.6 is 0 Å². The molecule has 1 aliphatic heterocycles. The van der Waals surface area contributed by atoms with Gasteiger partial charge in [-0.05, 0) is 35.4 Å². The fourth-order valence-corrected chi connectivity index (χ4v) is 2.93. The number of rotatable bonds is 1. The van der Waals surface area contributed by atoms with E-state index >= 15 is 0 Å². The number of hydrogen-bond acceptors (Lipinski definition) is 3. The van der Waals surface area contributed by atoms with Crippen LogP contribution in [0.25, 0.3) is 10.9 Å². The molecule has 0 bridgehead atoms. The van der Waals surface area contributed by atoms with Crippen LogP contribution in [0.5, 0.6) is 0 Å². The average Bonchev–Trinajstić information content (AvgIpc) is 2.90. The lowest BCUT2D eigenvalue weighted by atomic mass is 10.1. The molecule has 0 spiro atoms. The Morgan fingerprint density at radius 3 is 2.45 bits per heavy atom. The number of nitrogens with two attached hydrogens (primary N) is 1. The maximum absolute atomic E-state index is 5.84. The maximum Gasteiger partial charge on any atom is 0.0743 e. The zero-order chi connectivity index (χ0) is 13.5. The van der Waals surface area contributed by atoms with E-state index in [1.807, 2.05) is 18.3 Å². The van der Waals surface area contributed by atoms with E-state index in [0.29, 0.717) is 0 Å². The molecule has 98 valence electrons. The number of hydrogen-bond donors (Lipinski definition) is 1. The molecule has 20 heavy (non-hydrogen) atoms. The van der Waals surface area contributed by atoms with Crippen molar-refractivity contribution in [1.82, 2.24) is 4.98 Å². The zero-order valence-corrected chi connectivity index (χ0v) is 11.1. The van der Waals surface area contributed by atoms with E-state index in [-0.39, 0.29) is 0 Å². The highest BCUT2D eigenvalue weighted by Crippen LogP contribution is 2.33. The fourth-order valence-electron chi connectivity index (χ4n) is 2.93. The second-order valence-electron chi connectivity index (χ2n) is 5.23. The molecule has 1 aliphatic rings. The van der Waals surface area contributed by atoms with Gasteiger partial charge in [-0.1, -0.05) is 24.3 Å². The second kappa shape index (κ2) is 4.23. The van der Waals surface area contributed by atoms with E-state index in [1.165, 1.54) is 16.8 Å². The predicted octanol–water partition coefficient (Wildman–Crippen LogP) is 3.34. The number of nitrogen functional groups attached to an aromatic ring is 1. The molecular formula is C17H15N3. The molecule has 0 radical (unpaired) electrons. The minimum Gasteiger partial charge on any atom is -0.399 e. The van der Waals surface area contributed by atoms with Gasteiger partial charge < -0.3 is 10.6 Å². The van der Waals surface area contributed by atoms with Crippen LogP contribution in [0.4, 0.5) is 11.4 Å². The van der Waals surface area contributed by atoms with Gasteiger partial charge in [-0.25, -0.2) is 0 Å². The predicted molar refractivity (Wildman–Crippen MR) is 82.5 cm³/mol. The molecule has 0 amide bonds.